The molecule has 21 heavy (non-hydrogen) atoms. The molecule has 3 unspecified atom stereocenters. The van der Waals surface area contributed by atoms with Gasteiger partial charge < -0.3 is 16.2 Å². The fourth-order valence-corrected chi connectivity index (χ4v) is 4.04. The quantitative estimate of drug-likeness (QED) is 0.746. The maximum Gasteiger partial charge on any atom is 0.223 e. The van der Waals surface area contributed by atoms with Crippen LogP contribution in [0, 0.1) is 23.2 Å². The second-order valence-electron chi connectivity index (χ2n) is 7.82. The van der Waals surface area contributed by atoms with E-state index >= 15 is 0 Å². The molecule has 4 nitrogen and oxygen atoms in total. The first-order valence-electron chi connectivity index (χ1n) is 8.53. The van der Waals surface area contributed by atoms with E-state index in [1.807, 2.05) is 0 Å². The van der Waals surface area contributed by atoms with Crippen molar-refractivity contribution in [2.24, 2.45) is 28.9 Å². The summed E-state index contributed by atoms with van der Waals surface area (Å²) < 4.78 is 0. The molecule has 0 spiro atoms. The minimum atomic E-state index is -0.128. The minimum absolute atomic E-state index is 0.0372. The van der Waals surface area contributed by atoms with Gasteiger partial charge in [-0.25, -0.2) is 0 Å². The molecule has 0 radical (unpaired) electrons. The van der Waals surface area contributed by atoms with E-state index in [-0.39, 0.29) is 29.4 Å². The Morgan fingerprint density at radius 1 is 1.19 bits per heavy atom. The minimum Gasteiger partial charge on any atom is -0.393 e. The Kier molecular flexibility index (Phi) is 5.31. The van der Waals surface area contributed by atoms with E-state index in [4.69, 9.17) is 5.73 Å². The lowest BCUT2D eigenvalue weighted by Crippen LogP contribution is -2.52. The normalized spacial score (nSPS) is 39.8. The van der Waals surface area contributed by atoms with Crippen molar-refractivity contribution < 1.29 is 9.90 Å². The van der Waals surface area contributed by atoms with Gasteiger partial charge in [0.25, 0.3) is 0 Å². The first-order chi connectivity index (χ1) is 9.82. The van der Waals surface area contributed by atoms with Crippen LogP contribution in [-0.4, -0.2) is 29.7 Å². The Morgan fingerprint density at radius 2 is 1.81 bits per heavy atom. The zero-order chi connectivity index (χ0) is 15.6. The van der Waals surface area contributed by atoms with Gasteiger partial charge in [-0.15, -0.1) is 0 Å². The van der Waals surface area contributed by atoms with Gasteiger partial charge in [0.05, 0.1) is 6.10 Å². The van der Waals surface area contributed by atoms with Crippen molar-refractivity contribution in [3.05, 3.63) is 0 Å². The molecular weight excluding hydrogens is 264 g/mol. The SMILES string of the molecule is CC1C(N)CCC(C(=O)NCC2CCC(O)CC2)C1(C)C. The third-order valence-electron chi connectivity index (χ3n) is 6.20. The highest BCUT2D eigenvalue weighted by atomic mass is 16.3. The molecule has 0 saturated heterocycles. The lowest BCUT2D eigenvalue weighted by atomic mass is 9.61. The summed E-state index contributed by atoms with van der Waals surface area (Å²) in [5.41, 5.74) is 6.13. The summed E-state index contributed by atoms with van der Waals surface area (Å²) in [6, 6.07) is 0.212. The third-order valence-corrected chi connectivity index (χ3v) is 6.20. The number of aliphatic hydroxyl groups excluding tert-OH is 1. The van der Waals surface area contributed by atoms with Crippen LogP contribution in [0.3, 0.4) is 0 Å². The summed E-state index contributed by atoms with van der Waals surface area (Å²) in [5.74, 6) is 1.17. The summed E-state index contributed by atoms with van der Waals surface area (Å²) in [7, 11) is 0. The topological polar surface area (TPSA) is 75.4 Å². The van der Waals surface area contributed by atoms with Crippen molar-refractivity contribution in [1.82, 2.24) is 5.32 Å². The largest absolute Gasteiger partial charge is 0.393 e. The van der Waals surface area contributed by atoms with E-state index in [1.54, 1.807) is 0 Å². The van der Waals surface area contributed by atoms with Gasteiger partial charge in [0.15, 0.2) is 0 Å². The molecule has 2 saturated carbocycles. The van der Waals surface area contributed by atoms with Gasteiger partial charge in [0.1, 0.15) is 0 Å². The zero-order valence-corrected chi connectivity index (χ0v) is 13.8. The fraction of sp³-hybridized carbons (Fsp3) is 0.941. The molecule has 0 heterocycles. The highest BCUT2D eigenvalue weighted by molar-refractivity contribution is 5.79. The number of aliphatic hydroxyl groups is 1. The Bertz CT molecular complexity index is 362. The number of amides is 1. The van der Waals surface area contributed by atoms with E-state index in [0.717, 1.165) is 45.1 Å². The lowest BCUT2D eigenvalue weighted by Gasteiger charge is -2.46. The molecule has 122 valence electrons. The third kappa shape index (κ3) is 3.78. The molecule has 2 fully saturated rings. The zero-order valence-electron chi connectivity index (χ0n) is 13.8. The first-order valence-corrected chi connectivity index (χ1v) is 8.53. The van der Waals surface area contributed by atoms with E-state index < -0.39 is 0 Å². The van der Waals surface area contributed by atoms with Gasteiger partial charge in [-0.3, -0.25) is 4.79 Å². The maximum atomic E-state index is 12.6. The summed E-state index contributed by atoms with van der Waals surface area (Å²) in [6.45, 7) is 7.29. The molecule has 2 rings (SSSR count). The Hall–Kier alpha value is -0.610. The molecule has 4 heteroatoms. The molecule has 4 N–H and O–H groups in total. The lowest BCUT2D eigenvalue weighted by molar-refractivity contribution is -0.132. The predicted octanol–water partition coefficient (Wildman–Crippen LogP) is 2.05. The molecule has 0 aromatic carbocycles. The molecule has 0 bridgehead atoms. The first kappa shape index (κ1) is 16.8. The number of nitrogens with two attached hydrogens (primary N) is 1. The molecule has 3 atom stereocenters. The van der Waals surface area contributed by atoms with Crippen molar-refractivity contribution in [2.45, 2.75) is 71.4 Å². The van der Waals surface area contributed by atoms with Crippen LogP contribution in [0.25, 0.3) is 0 Å². The number of nitrogens with one attached hydrogen (secondary N) is 1. The van der Waals surface area contributed by atoms with Crippen LogP contribution in [0.2, 0.25) is 0 Å². The standard InChI is InChI=1S/C17H32N2O2/c1-11-15(18)9-8-14(17(11,2)3)16(21)19-10-12-4-6-13(20)7-5-12/h11-15,20H,4-10,18H2,1-3H3,(H,19,21). The Labute approximate surface area is 128 Å². The monoisotopic (exact) mass is 296 g/mol. The van der Waals surface area contributed by atoms with Gasteiger partial charge in [0, 0.05) is 18.5 Å². The molecule has 1 amide bonds. The van der Waals surface area contributed by atoms with Crippen molar-refractivity contribution in [3.63, 3.8) is 0 Å². The van der Waals surface area contributed by atoms with Crippen LogP contribution in [0.4, 0.5) is 0 Å². The highest BCUT2D eigenvalue weighted by Crippen LogP contribution is 2.44. The van der Waals surface area contributed by atoms with Crippen LogP contribution in [0.5, 0.6) is 0 Å². The second-order valence-corrected chi connectivity index (χ2v) is 7.82. The predicted molar refractivity (Wildman–Crippen MR) is 84.6 cm³/mol. The number of carbonyl (C=O) groups excluding carboxylic acids is 1. The van der Waals surface area contributed by atoms with Crippen LogP contribution in [0.15, 0.2) is 0 Å². The average Bonchev–Trinajstić information content (AvgIpc) is 2.44. The Morgan fingerprint density at radius 3 is 2.43 bits per heavy atom. The molecule has 0 aliphatic heterocycles. The molecule has 0 aromatic rings. The van der Waals surface area contributed by atoms with Crippen LogP contribution >= 0.6 is 0 Å². The molecule has 2 aliphatic rings. The average molecular weight is 296 g/mol. The van der Waals surface area contributed by atoms with E-state index in [9.17, 15) is 9.90 Å². The molecule has 0 aromatic heterocycles. The van der Waals surface area contributed by atoms with Crippen molar-refractivity contribution in [2.75, 3.05) is 6.54 Å². The molecule has 2 aliphatic carbocycles. The van der Waals surface area contributed by atoms with Crippen molar-refractivity contribution in [3.8, 4) is 0 Å². The number of carbonyl (C=O) groups is 1. The Balaban J connectivity index is 1.85. The van der Waals surface area contributed by atoms with E-state index in [0.29, 0.717) is 11.8 Å². The number of rotatable bonds is 3. The maximum absolute atomic E-state index is 12.6. The van der Waals surface area contributed by atoms with Gasteiger partial charge >= 0.3 is 0 Å². The summed E-state index contributed by atoms with van der Waals surface area (Å²) in [6.07, 6.45) is 5.51. The van der Waals surface area contributed by atoms with Crippen molar-refractivity contribution >= 4 is 5.91 Å². The number of hydrogen-bond donors (Lipinski definition) is 3. The highest BCUT2D eigenvalue weighted by Gasteiger charge is 2.44. The van der Waals surface area contributed by atoms with Gasteiger partial charge in [-0.05, 0) is 55.8 Å². The molecular formula is C17H32N2O2. The van der Waals surface area contributed by atoms with Gasteiger partial charge in [-0.1, -0.05) is 20.8 Å². The van der Waals surface area contributed by atoms with Crippen LogP contribution in [-0.2, 0) is 4.79 Å². The van der Waals surface area contributed by atoms with Gasteiger partial charge in [-0.2, -0.15) is 0 Å². The van der Waals surface area contributed by atoms with Gasteiger partial charge in [0.2, 0.25) is 5.91 Å². The smallest absolute Gasteiger partial charge is 0.223 e. The van der Waals surface area contributed by atoms with Crippen LogP contribution in [0.1, 0.15) is 59.3 Å². The summed E-state index contributed by atoms with van der Waals surface area (Å²) in [4.78, 5) is 12.6. The fourth-order valence-electron chi connectivity index (χ4n) is 4.04. The van der Waals surface area contributed by atoms with Crippen molar-refractivity contribution in [1.29, 1.82) is 0 Å². The van der Waals surface area contributed by atoms with E-state index in [1.165, 1.54) is 0 Å². The summed E-state index contributed by atoms with van der Waals surface area (Å²) in [5, 5.41) is 12.7. The number of hydrogen-bond acceptors (Lipinski definition) is 3. The van der Waals surface area contributed by atoms with Crippen LogP contribution < -0.4 is 11.1 Å². The van der Waals surface area contributed by atoms with E-state index in [2.05, 4.69) is 26.1 Å². The summed E-state index contributed by atoms with van der Waals surface area (Å²) >= 11 is 0. The second kappa shape index (κ2) is 6.66.